The fraction of sp³-hybridized carbons (Fsp3) is 0.458. The summed E-state index contributed by atoms with van der Waals surface area (Å²) in [5.74, 6) is 1.80. The summed E-state index contributed by atoms with van der Waals surface area (Å²) in [7, 11) is 1.61. The molecule has 2 aliphatic heterocycles. The average Bonchev–Trinajstić information content (AvgIpc) is 3.67. The monoisotopic (exact) mass is 443 g/mol. The van der Waals surface area contributed by atoms with Gasteiger partial charge >= 0.3 is 6.29 Å². The number of amides is 1. The summed E-state index contributed by atoms with van der Waals surface area (Å²) in [4.78, 5) is 13.5. The van der Waals surface area contributed by atoms with Gasteiger partial charge in [0.2, 0.25) is 5.91 Å². The van der Waals surface area contributed by atoms with Gasteiger partial charge in [0, 0.05) is 18.1 Å². The second-order valence-electron chi connectivity index (χ2n) is 9.07. The van der Waals surface area contributed by atoms with Crippen molar-refractivity contribution in [3.8, 4) is 23.0 Å². The molecular weight excluding hydrogens is 420 g/mol. The molecule has 0 saturated heterocycles. The lowest BCUT2D eigenvalue weighted by molar-refractivity contribution is -0.286. The number of methoxy groups -OCH3 is 1. The Morgan fingerprint density at radius 1 is 1.06 bits per heavy atom. The fourth-order valence-electron chi connectivity index (χ4n) is 4.81. The first-order valence-corrected chi connectivity index (χ1v) is 10.9. The Balaban J connectivity index is 1.26. The van der Waals surface area contributed by atoms with Crippen LogP contribution in [0.25, 0.3) is 0 Å². The number of rotatable bonds is 5. The van der Waals surface area contributed by atoms with Crippen molar-refractivity contribution in [3.63, 3.8) is 0 Å². The van der Waals surface area contributed by atoms with E-state index in [2.05, 4.69) is 14.8 Å². The Bertz CT molecular complexity index is 1100. The summed E-state index contributed by atoms with van der Waals surface area (Å²) in [6.45, 7) is 0. The van der Waals surface area contributed by atoms with E-state index in [-0.39, 0.29) is 29.6 Å². The van der Waals surface area contributed by atoms with Gasteiger partial charge in [0.1, 0.15) is 17.6 Å². The molecule has 0 spiro atoms. The molecule has 2 aliphatic carbocycles. The first-order chi connectivity index (χ1) is 15.4. The number of carbonyl (C=O) groups is 1. The zero-order chi connectivity index (χ0) is 22.1. The van der Waals surface area contributed by atoms with E-state index in [4.69, 9.17) is 9.47 Å². The smallest absolute Gasteiger partial charge is 0.497 e. The van der Waals surface area contributed by atoms with Crippen LogP contribution >= 0.6 is 0 Å². The third-order valence-electron chi connectivity index (χ3n) is 6.93. The van der Waals surface area contributed by atoms with E-state index in [1.54, 1.807) is 13.2 Å². The Morgan fingerprint density at radius 2 is 1.84 bits per heavy atom. The molecule has 4 aliphatic rings. The van der Waals surface area contributed by atoms with Crippen molar-refractivity contribution in [2.24, 2.45) is 5.92 Å². The molecular formula is C24H23F2NO5. The minimum Gasteiger partial charge on any atom is -0.497 e. The first kappa shape index (κ1) is 19.6. The Hall–Kier alpha value is -3.03. The van der Waals surface area contributed by atoms with Crippen LogP contribution in [0.3, 0.4) is 0 Å². The van der Waals surface area contributed by atoms with Crippen molar-refractivity contribution >= 4 is 5.91 Å². The maximum Gasteiger partial charge on any atom is 0.586 e. The molecule has 0 bridgehead atoms. The number of hydrogen-bond acceptors (Lipinski definition) is 5. The number of ether oxygens (including phenoxy) is 4. The standard InChI is InChI=1S/C24H23F2NO5/c1-29-15-5-6-16-17(12-19(13-2-3-13)30-20(16)11-15)27-22(28)23(8-9-23)14-4-7-18-21(10-14)32-24(25,26)31-18/h4-7,10-11,13,17,19H,2-3,8-9,12H2,1H3,(H,27,28)/t17-,19-/m1/s1. The predicted octanol–water partition coefficient (Wildman–Crippen LogP) is 4.47. The van der Waals surface area contributed by atoms with Crippen LogP contribution in [0.2, 0.25) is 0 Å². The van der Waals surface area contributed by atoms with Gasteiger partial charge < -0.3 is 24.3 Å². The van der Waals surface area contributed by atoms with Crippen molar-refractivity contribution in [2.45, 2.75) is 56.0 Å². The summed E-state index contributed by atoms with van der Waals surface area (Å²) < 4.78 is 47.5. The zero-order valence-electron chi connectivity index (χ0n) is 17.5. The van der Waals surface area contributed by atoms with E-state index >= 15 is 0 Å². The number of hydrogen-bond donors (Lipinski definition) is 1. The molecule has 6 nitrogen and oxygen atoms in total. The van der Waals surface area contributed by atoms with Gasteiger partial charge in [0.05, 0.1) is 18.6 Å². The molecule has 2 aromatic rings. The molecule has 1 amide bonds. The van der Waals surface area contributed by atoms with E-state index in [9.17, 15) is 13.6 Å². The number of alkyl halides is 2. The molecule has 0 radical (unpaired) electrons. The van der Waals surface area contributed by atoms with E-state index in [1.165, 1.54) is 12.1 Å². The van der Waals surface area contributed by atoms with Crippen LogP contribution in [0.4, 0.5) is 8.78 Å². The van der Waals surface area contributed by atoms with Crippen molar-refractivity contribution < 1.29 is 32.5 Å². The highest BCUT2D eigenvalue weighted by Crippen LogP contribution is 2.53. The van der Waals surface area contributed by atoms with Crippen LogP contribution in [-0.2, 0) is 10.2 Å². The van der Waals surface area contributed by atoms with Gasteiger partial charge in [-0.05, 0) is 61.4 Å². The van der Waals surface area contributed by atoms with Crippen LogP contribution < -0.4 is 24.3 Å². The van der Waals surface area contributed by atoms with Gasteiger partial charge in [-0.1, -0.05) is 6.07 Å². The minimum atomic E-state index is -3.68. The second kappa shape index (κ2) is 6.73. The molecule has 2 atom stereocenters. The van der Waals surface area contributed by atoms with Crippen molar-refractivity contribution in [3.05, 3.63) is 47.5 Å². The summed E-state index contributed by atoms with van der Waals surface area (Å²) in [6.07, 6.45) is 0.665. The number of benzene rings is 2. The van der Waals surface area contributed by atoms with Gasteiger partial charge in [-0.25, -0.2) is 0 Å². The van der Waals surface area contributed by atoms with Gasteiger partial charge in [-0.15, -0.1) is 8.78 Å². The Labute approximate surface area is 183 Å². The largest absolute Gasteiger partial charge is 0.586 e. The SMILES string of the molecule is COc1ccc2c(c1)O[C@@H](C1CC1)C[C@H]2NC(=O)C1(c2ccc3c(c2)OC(F)(F)O3)CC1. The van der Waals surface area contributed by atoms with Crippen molar-refractivity contribution in [1.82, 2.24) is 5.32 Å². The van der Waals surface area contributed by atoms with E-state index in [0.29, 0.717) is 36.5 Å². The average molecular weight is 443 g/mol. The van der Waals surface area contributed by atoms with Gasteiger partial charge in [-0.2, -0.15) is 0 Å². The molecule has 2 fully saturated rings. The fourth-order valence-corrected chi connectivity index (χ4v) is 4.81. The van der Waals surface area contributed by atoms with Crippen LogP contribution in [0, 0.1) is 5.92 Å². The number of carbonyl (C=O) groups excluding carboxylic acids is 1. The van der Waals surface area contributed by atoms with Crippen LogP contribution in [-0.4, -0.2) is 25.4 Å². The minimum absolute atomic E-state index is 0.0189. The zero-order valence-corrected chi connectivity index (χ0v) is 17.5. The maximum atomic E-state index is 13.5. The highest BCUT2D eigenvalue weighted by molar-refractivity contribution is 5.92. The van der Waals surface area contributed by atoms with E-state index in [1.807, 2.05) is 18.2 Å². The Kier molecular flexibility index (Phi) is 4.13. The summed E-state index contributed by atoms with van der Waals surface area (Å²) in [5.41, 5.74) is 0.851. The lowest BCUT2D eigenvalue weighted by atomic mass is 9.91. The first-order valence-electron chi connectivity index (χ1n) is 10.9. The summed E-state index contributed by atoms with van der Waals surface area (Å²) in [6, 6.07) is 10.1. The molecule has 0 unspecified atom stereocenters. The lowest BCUT2D eigenvalue weighted by Crippen LogP contribution is -2.41. The number of fused-ring (bicyclic) bond motifs is 2. The lowest BCUT2D eigenvalue weighted by Gasteiger charge is -2.34. The van der Waals surface area contributed by atoms with Gasteiger partial charge in [-0.3, -0.25) is 4.79 Å². The van der Waals surface area contributed by atoms with Crippen molar-refractivity contribution in [1.29, 1.82) is 0 Å². The van der Waals surface area contributed by atoms with Crippen molar-refractivity contribution in [2.75, 3.05) is 7.11 Å². The van der Waals surface area contributed by atoms with Crippen LogP contribution in [0.5, 0.6) is 23.0 Å². The molecule has 2 aromatic carbocycles. The predicted molar refractivity (Wildman–Crippen MR) is 109 cm³/mol. The molecule has 8 heteroatoms. The third-order valence-corrected chi connectivity index (χ3v) is 6.93. The quantitative estimate of drug-likeness (QED) is 0.739. The van der Waals surface area contributed by atoms with E-state index < -0.39 is 11.7 Å². The maximum absolute atomic E-state index is 13.5. The second-order valence-corrected chi connectivity index (χ2v) is 9.07. The topological polar surface area (TPSA) is 66.0 Å². The number of nitrogens with one attached hydrogen (secondary N) is 1. The highest BCUT2D eigenvalue weighted by Gasteiger charge is 2.53. The molecule has 32 heavy (non-hydrogen) atoms. The van der Waals surface area contributed by atoms with Crippen LogP contribution in [0.15, 0.2) is 36.4 Å². The molecule has 0 aromatic heterocycles. The van der Waals surface area contributed by atoms with Gasteiger partial charge in [0.25, 0.3) is 0 Å². The van der Waals surface area contributed by atoms with E-state index in [0.717, 1.165) is 24.2 Å². The normalized spacial score (nSPS) is 26.0. The van der Waals surface area contributed by atoms with Crippen LogP contribution in [0.1, 0.15) is 49.3 Å². The molecule has 2 heterocycles. The summed E-state index contributed by atoms with van der Waals surface area (Å²) >= 11 is 0. The van der Waals surface area contributed by atoms with Gasteiger partial charge in [0.15, 0.2) is 11.5 Å². The highest BCUT2D eigenvalue weighted by atomic mass is 19.3. The molecule has 6 rings (SSSR count). The molecule has 1 N–H and O–H groups in total. The molecule has 168 valence electrons. The number of halogens is 2. The Morgan fingerprint density at radius 3 is 2.56 bits per heavy atom. The molecule has 2 saturated carbocycles. The third kappa shape index (κ3) is 3.24. The summed E-state index contributed by atoms with van der Waals surface area (Å²) in [5, 5.41) is 3.23.